The number of methoxy groups -OCH3 is 1. The lowest BCUT2D eigenvalue weighted by Gasteiger charge is -2.07. The Kier molecular flexibility index (Phi) is 4.62. The van der Waals surface area contributed by atoms with E-state index in [1.54, 1.807) is 0 Å². The molecule has 0 radical (unpaired) electrons. The fourth-order valence-corrected chi connectivity index (χ4v) is 3.12. The van der Waals surface area contributed by atoms with Crippen LogP contribution in [0.3, 0.4) is 0 Å². The third-order valence-electron chi connectivity index (χ3n) is 3.29. The topological polar surface area (TPSA) is 81.2 Å². The summed E-state index contributed by atoms with van der Waals surface area (Å²) in [6, 6.07) is 9.44. The van der Waals surface area contributed by atoms with E-state index in [4.69, 9.17) is 4.74 Å². The number of thiophene rings is 1. The van der Waals surface area contributed by atoms with Crippen molar-refractivity contribution in [1.82, 2.24) is 9.97 Å². The number of esters is 1. The van der Waals surface area contributed by atoms with E-state index >= 15 is 0 Å². The van der Waals surface area contributed by atoms with Crippen molar-refractivity contribution in [3.63, 3.8) is 0 Å². The van der Waals surface area contributed by atoms with E-state index in [0.29, 0.717) is 16.1 Å². The summed E-state index contributed by atoms with van der Waals surface area (Å²) in [7, 11) is 1.31. The van der Waals surface area contributed by atoms with Gasteiger partial charge in [0.15, 0.2) is 0 Å². The first-order chi connectivity index (χ1) is 11.7. The van der Waals surface area contributed by atoms with Gasteiger partial charge in [0.2, 0.25) is 0 Å². The summed E-state index contributed by atoms with van der Waals surface area (Å²) in [5.74, 6) is -0.945. The Bertz CT molecular complexity index is 863. The molecule has 0 aliphatic rings. The van der Waals surface area contributed by atoms with Crippen molar-refractivity contribution in [1.29, 1.82) is 0 Å². The van der Waals surface area contributed by atoms with Gasteiger partial charge in [-0.3, -0.25) is 9.78 Å². The highest BCUT2D eigenvalue weighted by Gasteiger charge is 2.22. The molecule has 3 aromatic rings. The number of carbonyl (C=O) groups excluding carboxylic acids is 2. The first-order valence-electron chi connectivity index (χ1n) is 7.03. The molecule has 0 saturated carbocycles. The highest BCUT2D eigenvalue weighted by molar-refractivity contribution is 7.15. The molecule has 120 valence electrons. The van der Waals surface area contributed by atoms with Crippen LogP contribution in [0.25, 0.3) is 11.1 Å². The first kappa shape index (κ1) is 15.8. The van der Waals surface area contributed by atoms with E-state index in [9.17, 15) is 9.59 Å². The summed E-state index contributed by atoms with van der Waals surface area (Å²) in [6.07, 6.45) is 4.27. The minimum Gasteiger partial charge on any atom is -0.465 e. The van der Waals surface area contributed by atoms with Gasteiger partial charge < -0.3 is 10.1 Å². The summed E-state index contributed by atoms with van der Waals surface area (Å²) in [5, 5.41) is 4.94. The summed E-state index contributed by atoms with van der Waals surface area (Å²) in [6.45, 7) is 0. The quantitative estimate of drug-likeness (QED) is 0.738. The van der Waals surface area contributed by atoms with Gasteiger partial charge in [0.25, 0.3) is 5.91 Å². The Morgan fingerprint density at radius 2 is 1.96 bits per heavy atom. The lowest BCUT2D eigenvalue weighted by atomic mass is 10.0. The zero-order valence-electron chi connectivity index (χ0n) is 12.7. The van der Waals surface area contributed by atoms with Gasteiger partial charge in [-0.15, -0.1) is 11.3 Å². The molecule has 0 saturated heterocycles. The van der Waals surface area contributed by atoms with E-state index in [-0.39, 0.29) is 5.69 Å². The number of hydrogen-bond donors (Lipinski definition) is 1. The summed E-state index contributed by atoms with van der Waals surface area (Å²) in [4.78, 5) is 32.3. The maximum Gasteiger partial charge on any atom is 0.341 e. The Hall–Kier alpha value is -3.06. The van der Waals surface area contributed by atoms with Crippen LogP contribution in [-0.4, -0.2) is 29.0 Å². The molecule has 7 heteroatoms. The van der Waals surface area contributed by atoms with E-state index in [1.165, 1.54) is 37.0 Å². The average molecular weight is 339 g/mol. The summed E-state index contributed by atoms with van der Waals surface area (Å²) < 4.78 is 4.87. The molecule has 0 fully saturated rings. The van der Waals surface area contributed by atoms with Gasteiger partial charge in [0.05, 0.1) is 13.3 Å². The van der Waals surface area contributed by atoms with E-state index in [0.717, 1.165) is 5.56 Å². The van der Waals surface area contributed by atoms with E-state index < -0.39 is 11.9 Å². The van der Waals surface area contributed by atoms with Crippen molar-refractivity contribution in [2.45, 2.75) is 0 Å². The van der Waals surface area contributed by atoms with Crippen molar-refractivity contribution in [2.24, 2.45) is 0 Å². The lowest BCUT2D eigenvalue weighted by Crippen LogP contribution is -2.15. The molecular formula is C17H13N3O3S. The third kappa shape index (κ3) is 3.16. The molecule has 1 amide bonds. The van der Waals surface area contributed by atoms with Crippen molar-refractivity contribution in [3.05, 3.63) is 65.6 Å². The highest BCUT2D eigenvalue weighted by atomic mass is 32.1. The van der Waals surface area contributed by atoms with Crippen LogP contribution >= 0.6 is 11.3 Å². The molecule has 0 aliphatic heterocycles. The van der Waals surface area contributed by atoms with Crippen LogP contribution in [0.5, 0.6) is 0 Å². The van der Waals surface area contributed by atoms with Gasteiger partial charge in [-0.1, -0.05) is 30.3 Å². The lowest BCUT2D eigenvalue weighted by molar-refractivity contribution is 0.0603. The monoisotopic (exact) mass is 339 g/mol. The van der Waals surface area contributed by atoms with Crippen LogP contribution < -0.4 is 5.32 Å². The van der Waals surface area contributed by atoms with Crippen LogP contribution in [0, 0.1) is 0 Å². The molecule has 0 bridgehead atoms. The number of nitrogens with one attached hydrogen (secondary N) is 1. The fraction of sp³-hybridized carbons (Fsp3) is 0.0588. The maximum atomic E-state index is 12.3. The standard InChI is InChI=1S/C17H13N3O3S/c1-23-17(22)14-12(11-5-3-2-4-6-11)10-24-16(14)20-15(21)13-9-18-7-8-19-13/h2-10H,1H3,(H,20,21). The molecule has 1 aromatic carbocycles. The smallest absolute Gasteiger partial charge is 0.341 e. The number of nitrogens with zero attached hydrogens (tertiary/aromatic N) is 2. The average Bonchev–Trinajstić information content (AvgIpc) is 3.06. The second-order valence-electron chi connectivity index (χ2n) is 4.76. The van der Waals surface area contributed by atoms with Crippen LogP contribution in [0.15, 0.2) is 54.3 Å². The Labute approximate surface area is 142 Å². The van der Waals surface area contributed by atoms with Gasteiger partial charge in [-0.05, 0) is 5.56 Å². The predicted octanol–water partition coefficient (Wildman–Crippen LogP) is 3.24. The third-order valence-corrected chi connectivity index (χ3v) is 4.18. The van der Waals surface area contributed by atoms with Crippen LogP contribution in [0.4, 0.5) is 5.00 Å². The normalized spacial score (nSPS) is 10.2. The molecular weight excluding hydrogens is 326 g/mol. The van der Waals surface area contributed by atoms with E-state index in [2.05, 4.69) is 15.3 Å². The fourth-order valence-electron chi connectivity index (χ4n) is 2.17. The summed E-state index contributed by atoms with van der Waals surface area (Å²) >= 11 is 1.26. The van der Waals surface area contributed by atoms with E-state index in [1.807, 2.05) is 35.7 Å². The van der Waals surface area contributed by atoms with Gasteiger partial charge in [0.1, 0.15) is 16.3 Å². The van der Waals surface area contributed by atoms with Crippen LogP contribution in [0.2, 0.25) is 0 Å². The number of anilines is 1. The van der Waals surface area contributed by atoms with Crippen LogP contribution in [0.1, 0.15) is 20.8 Å². The van der Waals surface area contributed by atoms with Crippen molar-refractivity contribution in [2.75, 3.05) is 12.4 Å². The SMILES string of the molecule is COC(=O)c1c(-c2ccccc2)csc1NC(=O)c1cnccn1. The molecule has 0 aliphatic carbocycles. The van der Waals surface area contributed by atoms with Crippen molar-refractivity contribution in [3.8, 4) is 11.1 Å². The zero-order chi connectivity index (χ0) is 16.9. The second kappa shape index (κ2) is 7.01. The first-order valence-corrected chi connectivity index (χ1v) is 7.91. The second-order valence-corrected chi connectivity index (χ2v) is 5.64. The van der Waals surface area contributed by atoms with Gasteiger partial charge >= 0.3 is 5.97 Å². The number of amides is 1. The minimum atomic E-state index is -0.510. The molecule has 2 heterocycles. The number of ether oxygens (including phenoxy) is 1. The maximum absolute atomic E-state index is 12.3. The molecule has 2 aromatic heterocycles. The largest absolute Gasteiger partial charge is 0.465 e. The number of aromatic nitrogens is 2. The zero-order valence-corrected chi connectivity index (χ0v) is 13.5. The molecule has 0 atom stereocenters. The minimum absolute atomic E-state index is 0.169. The predicted molar refractivity (Wildman–Crippen MR) is 91.1 cm³/mol. The Balaban J connectivity index is 1.98. The highest BCUT2D eigenvalue weighted by Crippen LogP contribution is 2.36. The molecule has 24 heavy (non-hydrogen) atoms. The molecule has 1 N–H and O–H groups in total. The molecule has 6 nitrogen and oxygen atoms in total. The van der Waals surface area contributed by atoms with Crippen molar-refractivity contribution < 1.29 is 14.3 Å². The van der Waals surface area contributed by atoms with Crippen LogP contribution in [-0.2, 0) is 4.74 Å². The van der Waals surface area contributed by atoms with Gasteiger partial charge in [-0.25, -0.2) is 9.78 Å². The van der Waals surface area contributed by atoms with Gasteiger partial charge in [0, 0.05) is 23.3 Å². The van der Waals surface area contributed by atoms with Gasteiger partial charge in [-0.2, -0.15) is 0 Å². The molecule has 0 spiro atoms. The Morgan fingerprint density at radius 1 is 1.17 bits per heavy atom. The number of benzene rings is 1. The number of hydrogen-bond acceptors (Lipinski definition) is 6. The number of rotatable bonds is 4. The number of carbonyl (C=O) groups is 2. The van der Waals surface area contributed by atoms with Crippen molar-refractivity contribution >= 4 is 28.2 Å². The summed E-state index contributed by atoms with van der Waals surface area (Å²) in [5.41, 5.74) is 2.07. The Morgan fingerprint density at radius 3 is 2.62 bits per heavy atom. The molecule has 0 unspecified atom stereocenters. The molecule has 3 rings (SSSR count).